The number of hydrogen-bond donors (Lipinski definition) is 0. The van der Waals surface area contributed by atoms with Gasteiger partial charge in [-0.3, -0.25) is 0 Å². The monoisotopic (exact) mass is 165 g/mol. The third-order valence-electron chi connectivity index (χ3n) is 1.51. The average molecular weight is 165 g/mol. The highest BCUT2D eigenvalue weighted by atomic mass is 32.1. The second kappa shape index (κ2) is 2.23. The Morgan fingerprint density at radius 2 is 2.09 bits per heavy atom. The molecule has 0 unspecified atom stereocenters. The number of aryl methyl sites for hydroxylation is 2. The van der Waals surface area contributed by atoms with E-state index in [1.165, 1.54) is 11.5 Å². The molecule has 0 fully saturated rings. The third kappa shape index (κ3) is 0.991. The molecule has 11 heavy (non-hydrogen) atoms. The maximum absolute atomic E-state index is 4.22. The smallest absolute Gasteiger partial charge is 0.127 e. The Morgan fingerprint density at radius 1 is 1.27 bits per heavy atom. The molecule has 0 spiro atoms. The van der Waals surface area contributed by atoms with E-state index >= 15 is 0 Å². The van der Waals surface area contributed by atoms with Gasteiger partial charge in [0, 0.05) is 0 Å². The molecule has 4 heteroatoms. The summed E-state index contributed by atoms with van der Waals surface area (Å²) in [4.78, 5) is 1.13. The van der Waals surface area contributed by atoms with Crippen molar-refractivity contribution < 1.29 is 0 Å². The van der Waals surface area contributed by atoms with Crippen molar-refractivity contribution in [1.29, 1.82) is 0 Å². The zero-order chi connectivity index (χ0) is 7.84. The Bertz CT molecular complexity index is 393. The summed E-state index contributed by atoms with van der Waals surface area (Å²) in [6.07, 6.45) is 0. The van der Waals surface area contributed by atoms with Crippen LogP contribution in [0, 0.1) is 13.8 Å². The van der Waals surface area contributed by atoms with Crippen LogP contribution in [-0.4, -0.2) is 14.6 Å². The molecule has 0 aliphatic rings. The van der Waals surface area contributed by atoms with E-state index in [0.29, 0.717) is 0 Å². The second-order valence-corrected chi connectivity index (χ2v) is 3.44. The van der Waals surface area contributed by atoms with E-state index in [4.69, 9.17) is 0 Å². The van der Waals surface area contributed by atoms with Gasteiger partial charge in [0.25, 0.3) is 0 Å². The Labute approximate surface area is 68.3 Å². The predicted octanol–water partition coefficient (Wildman–Crippen LogP) is 1.70. The molecule has 0 N–H and O–H groups in total. The molecular formula is C7H7N3S. The van der Waals surface area contributed by atoms with Gasteiger partial charge >= 0.3 is 0 Å². The molecule has 0 aliphatic carbocycles. The van der Waals surface area contributed by atoms with Crippen molar-refractivity contribution >= 4 is 22.6 Å². The molecule has 0 atom stereocenters. The molecule has 56 valence electrons. The van der Waals surface area contributed by atoms with E-state index in [0.717, 1.165) is 21.6 Å². The molecule has 0 aromatic carbocycles. The van der Waals surface area contributed by atoms with Crippen LogP contribution in [0.1, 0.15) is 10.6 Å². The highest BCUT2D eigenvalue weighted by Crippen LogP contribution is 2.17. The Kier molecular flexibility index (Phi) is 1.35. The lowest BCUT2D eigenvalue weighted by atomic mass is 10.3. The van der Waals surface area contributed by atoms with Gasteiger partial charge in [-0.15, -0.1) is 5.10 Å². The maximum atomic E-state index is 4.22. The zero-order valence-corrected chi connectivity index (χ0v) is 7.14. The van der Waals surface area contributed by atoms with Gasteiger partial charge in [0.15, 0.2) is 0 Å². The van der Waals surface area contributed by atoms with Crippen LogP contribution < -0.4 is 0 Å². The van der Waals surface area contributed by atoms with Crippen molar-refractivity contribution in [2.24, 2.45) is 0 Å². The highest BCUT2D eigenvalue weighted by Gasteiger charge is 2.02. The molecule has 0 amide bonds. The first-order chi connectivity index (χ1) is 5.27. The van der Waals surface area contributed by atoms with E-state index in [2.05, 4.69) is 14.6 Å². The second-order valence-electron chi connectivity index (χ2n) is 2.46. The molecule has 2 aromatic heterocycles. The summed E-state index contributed by atoms with van der Waals surface area (Å²) >= 11 is 1.47. The number of nitrogens with zero attached hydrogens (tertiary/aromatic N) is 3. The molecule has 0 aliphatic heterocycles. The van der Waals surface area contributed by atoms with Crippen molar-refractivity contribution in [1.82, 2.24) is 14.6 Å². The minimum absolute atomic E-state index is 0.919. The van der Waals surface area contributed by atoms with Gasteiger partial charge in [-0.1, -0.05) is 0 Å². The molecule has 0 saturated carbocycles. The van der Waals surface area contributed by atoms with Gasteiger partial charge in [-0.2, -0.15) is 9.47 Å². The molecule has 2 aromatic rings. The molecule has 0 radical (unpaired) electrons. The first-order valence-electron chi connectivity index (χ1n) is 3.33. The van der Waals surface area contributed by atoms with Crippen LogP contribution in [0.3, 0.4) is 0 Å². The molecular weight excluding hydrogens is 158 g/mol. The largest absolute Gasteiger partial charge is 0.191 e. The first kappa shape index (κ1) is 6.67. The van der Waals surface area contributed by atoms with E-state index in [-0.39, 0.29) is 0 Å². The fourth-order valence-electron chi connectivity index (χ4n) is 0.956. The van der Waals surface area contributed by atoms with E-state index in [9.17, 15) is 0 Å². The van der Waals surface area contributed by atoms with E-state index in [1.54, 1.807) is 0 Å². The number of fused-ring (bicyclic) bond motifs is 1. The fourth-order valence-corrected chi connectivity index (χ4v) is 1.56. The lowest BCUT2D eigenvalue weighted by molar-refractivity contribution is 1.02. The first-order valence-corrected chi connectivity index (χ1v) is 4.11. The van der Waals surface area contributed by atoms with Crippen LogP contribution in [0.4, 0.5) is 0 Å². The number of rotatable bonds is 0. The van der Waals surface area contributed by atoms with Crippen molar-refractivity contribution in [3.05, 3.63) is 16.6 Å². The van der Waals surface area contributed by atoms with Crippen molar-refractivity contribution in [2.75, 3.05) is 0 Å². The van der Waals surface area contributed by atoms with Crippen LogP contribution >= 0.6 is 11.5 Å². The van der Waals surface area contributed by atoms with Gasteiger partial charge in [0.1, 0.15) is 11.0 Å². The summed E-state index contributed by atoms with van der Waals surface area (Å²) in [5.74, 6) is 0. The summed E-state index contributed by atoms with van der Waals surface area (Å²) in [5, 5.41) is 8.00. The van der Waals surface area contributed by atoms with Crippen molar-refractivity contribution in [3.63, 3.8) is 0 Å². The zero-order valence-electron chi connectivity index (χ0n) is 6.33. The molecule has 0 saturated heterocycles. The quantitative estimate of drug-likeness (QED) is 0.596. The minimum atomic E-state index is 0.919. The van der Waals surface area contributed by atoms with Gasteiger partial charge in [0.05, 0.1) is 10.6 Å². The summed E-state index contributed by atoms with van der Waals surface area (Å²) in [6, 6.07) is 1.95. The number of aromatic nitrogens is 3. The summed E-state index contributed by atoms with van der Waals surface area (Å²) in [5.41, 5.74) is 2.81. The third-order valence-corrected chi connectivity index (χ3v) is 2.27. The molecule has 2 heterocycles. The normalized spacial score (nSPS) is 10.7. The van der Waals surface area contributed by atoms with Crippen molar-refractivity contribution in [2.45, 2.75) is 13.8 Å². The molecule has 2 rings (SSSR count). The van der Waals surface area contributed by atoms with Gasteiger partial charge in [0.2, 0.25) is 0 Å². The van der Waals surface area contributed by atoms with Crippen LogP contribution in [-0.2, 0) is 0 Å². The maximum Gasteiger partial charge on any atom is 0.127 e. The molecule has 3 nitrogen and oxygen atoms in total. The molecule has 0 bridgehead atoms. The summed E-state index contributed by atoms with van der Waals surface area (Å²) < 4.78 is 4.22. The average Bonchev–Trinajstić information content (AvgIpc) is 2.32. The standard InChI is InChI=1S/C7H7N3S/c1-4-3-6-7(9-8-4)5(2)11-10-6/h3H,1-2H3. The van der Waals surface area contributed by atoms with Crippen LogP contribution in [0.15, 0.2) is 6.07 Å². The predicted molar refractivity (Wildman–Crippen MR) is 44.7 cm³/mol. The van der Waals surface area contributed by atoms with Gasteiger partial charge < -0.3 is 0 Å². The van der Waals surface area contributed by atoms with Crippen LogP contribution in [0.25, 0.3) is 11.0 Å². The van der Waals surface area contributed by atoms with Crippen LogP contribution in [0.2, 0.25) is 0 Å². The minimum Gasteiger partial charge on any atom is -0.191 e. The summed E-state index contributed by atoms with van der Waals surface area (Å²) in [6.45, 7) is 3.92. The van der Waals surface area contributed by atoms with E-state index < -0.39 is 0 Å². The Morgan fingerprint density at radius 3 is 2.91 bits per heavy atom. The topological polar surface area (TPSA) is 38.7 Å². The SMILES string of the molecule is Cc1cc2nsc(C)c2nn1. The summed E-state index contributed by atoms with van der Waals surface area (Å²) in [7, 11) is 0. The van der Waals surface area contributed by atoms with E-state index in [1.807, 2.05) is 19.9 Å². The van der Waals surface area contributed by atoms with Gasteiger partial charge in [-0.25, -0.2) is 0 Å². The fraction of sp³-hybridized carbons (Fsp3) is 0.286. The number of hydrogen-bond acceptors (Lipinski definition) is 4. The highest BCUT2D eigenvalue weighted by molar-refractivity contribution is 7.07. The van der Waals surface area contributed by atoms with Crippen molar-refractivity contribution in [3.8, 4) is 0 Å². The van der Waals surface area contributed by atoms with Gasteiger partial charge in [-0.05, 0) is 31.4 Å². The Hall–Kier alpha value is -1.03. The van der Waals surface area contributed by atoms with Crippen LogP contribution in [0.5, 0.6) is 0 Å². The Balaban J connectivity index is 2.86. The lowest BCUT2D eigenvalue weighted by Crippen LogP contribution is -1.85. The lowest BCUT2D eigenvalue weighted by Gasteiger charge is -1.88.